The maximum atomic E-state index is 14.6. The third kappa shape index (κ3) is 4.72. The van der Waals surface area contributed by atoms with E-state index in [2.05, 4.69) is 11.3 Å². The number of ether oxygens (including phenoxy) is 2. The van der Waals surface area contributed by atoms with Crippen molar-refractivity contribution in [3.05, 3.63) is 113 Å². The molecule has 0 spiro atoms. The molecule has 0 fully saturated rings. The molecule has 0 amide bonds. The molecule has 164 valence electrons. The molecule has 0 atom stereocenters. The average Bonchev–Trinajstić information content (AvgIpc) is 2.81. The molecule has 0 aliphatic carbocycles. The van der Waals surface area contributed by atoms with Gasteiger partial charge in [-0.2, -0.15) is 0 Å². The van der Waals surface area contributed by atoms with Crippen molar-refractivity contribution in [2.75, 3.05) is 6.61 Å². The second-order valence-electron chi connectivity index (χ2n) is 6.71. The lowest BCUT2D eigenvalue weighted by molar-refractivity contribution is -0.140. The van der Waals surface area contributed by atoms with Crippen molar-refractivity contribution >= 4 is 17.5 Å². The molecule has 0 aliphatic heterocycles. The van der Waals surface area contributed by atoms with Crippen LogP contribution in [0.15, 0.2) is 73.3 Å². The van der Waals surface area contributed by atoms with Crippen molar-refractivity contribution in [2.45, 2.75) is 13.0 Å². The van der Waals surface area contributed by atoms with Gasteiger partial charge in [0.2, 0.25) is 0 Å². The molecule has 0 unspecified atom stereocenters. The molecule has 0 saturated heterocycles. The Bertz CT molecular complexity index is 1110. The summed E-state index contributed by atoms with van der Waals surface area (Å²) in [5.74, 6) is -7.09. The summed E-state index contributed by atoms with van der Waals surface area (Å²) in [5, 5.41) is 0. The fourth-order valence-corrected chi connectivity index (χ4v) is 3.09. The topological polar surface area (TPSA) is 52.6 Å². The maximum Gasteiger partial charge on any atom is 0.341 e. The molecule has 3 rings (SSSR count). The minimum Gasteiger partial charge on any atom is -0.462 e. The Kier molecular flexibility index (Phi) is 7.10. The molecule has 3 aromatic carbocycles. The molecular weight excluding hydrogens is 421 g/mol. The van der Waals surface area contributed by atoms with Gasteiger partial charge in [-0.15, -0.1) is 0 Å². The Morgan fingerprint density at radius 3 is 1.94 bits per heavy atom. The molecule has 3 aromatic rings. The van der Waals surface area contributed by atoms with Crippen LogP contribution in [0.2, 0.25) is 0 Å². The summed E-state index contributed by atoms with van der Waals surface area (Å²) < 4.78 is 53.7. The van der Waals surface area contributed by atoms with E-state index < -0.39 is 52.2 Å². The van der Waals surface area contributed by atoms with E-state index in [1.807, 2.05) is 0 Å². The Morgan fingerprint density at radius 2 is 1.44 bits per heavy atom. The smallest absolute Gasteiger partial charge is 0.341 e. The van der Waals surface area contributed by atoms with Gasteiger partial charge in [0.1, 0.15) is 11.4 Å². The molecule has 0 saturated carbocycles. The van der Waals surface area contributed by atoms with Gasteiger partial charge in [-0.3, -0.25) is 0 Å². The molecule has 0 heterocycles. The van der Waals surface area contributed by atoms with Gasteiger partial charge in [0.05, 0.1) is 17.7 Å². The van der Waals surface area contributed by atoms with Crippen molar-refractivity contribution in [1.82, 2.24) is 0 Å². The summed E-state index contributed by atoms with van der Waals surface area (Å²) in [6.07, 6.45) is -0.892. The zero-order valence-electron chi connectivity index (χ0n) is 17.1. The molecular formula is C25H19F3O4. The molecule has 0 aromatic heterocycles. The average molecular weight is 440 g/mol. The third-order valence-corrected chi connectivity index (χ3v) is 4.63. The summed E-state index contributed by atoms with van der Waals surface area (Å²) >= 11 is 0. The molecule has 0 radical (unpaired) electrons. The largest absolute Gasteiger partial charge is 0.462 e. The highest BCUT2D eigenvalue weighted by Gasteiger charge is 2.29. The molecule has 7 heteroatoms. The van der Waals surface area contributed by atoms with Crippen LogP contribution in [0.3, 0.4) is 0 Å². The van der Waals surface area contributed by atoms with Gasteiger partial charge < -0.3 is 9.47 Å². The highest BCUT2D eigenvalue weighted by Crippen LogP contribution is 2.31. The first-order chi connectivity index (χ1) is 15.3. The van der Waals surface area contributed by atoms with Crippen LogP contribution in [0.4, 0.5) is 13.2 Å². The van der Waals surface area contributed by atoms with E-state index in [4.69, 9.17) is 4.74 Å². The molecule has 0 aliphatic rings. The summed E-state index contributed by atoms with van der Waals surface area (Å²) in [7, 11) is 0. The van der Waals surface area contributed by atoms with E-state index in [-0.39, 0.29) is 6.61 Å². The minimum absolute atomic E-state index is 0.108. The number of halogens is 3. The van der Waals surface area contributed by atoms with Crippen LogP contribution in [-0.4, -0.2) is 18.5 Å². The van der Waals surface area contributed by atoms with Gasteiger partial charge >= 0.3 is 11.9 Å². The van der Waals surface area contributed by atoms with Gasteiger partial charge in [-0.1, -0.05) is 67.2 Å². The van der Waals surface area contributed by atoms with E-state index in [0.29, 0.717) is 17.2 Å². The van der Waals surface area contributed by atoms with Crippen molar-refractivity contribution in [1.29, 1.82) is 0 Å². The van der Waals surface area contributed by atoms with E-state index in [0.717, 1.165) is 0 Å². The summed E-state index contributed by atoms with van der Waals surface area (Å²) in [5.41, 5.74) is -1.43. The first-order valence-electron chi connectivity index (χ1n) is 9.69. The SMILES string of the molecule is C=C(C(=O)OC(c1ccccc1)c1ccccc1)c1c(F)cc(C(=O)OCC)c(F)c1F. The monoisotopic (exact) mass is 440 g/mol. The number of hydrogen-bond acceptors (Lipinski definition) is 4. The fraction of sp³-hybridized carbons (Fsp3) is 0.120. The number of rotatable bonds is 7. The van der Waals surface area contributed by atoms with Gasteiger partial charge in [-0.05, 0) is 24.1 Å². The molecule has 4 nitrogen and oxygen atoms in total. The predicted molar refractivity (Wildman–Crippen MR) is 112 cm³/mol. The van der Waals surface area contributed by atoms with E-state index in [1.165, 1.54) is 6.92 Å². The second kappa shape index (κ2) is 9.96. The van der Waals surface area contributed by atoms with Crippen LogP contribution in [0.5, 0.6) is 0 Å². The van der Waals surface area contributed by atoms with Gasteiger partial charge in [0.25, 0.3) is 0 Å². The standard InChI is InChI=1S/C25H19F3O4/c1-3-31-25(30)18-14-19(26)20(22(28)21(18)27)15(2)24(29)32-23(16-10-6-4-7-11-16)17-12-8-5-9-13-17/h4-14,23H,2-3H2,1H3. The zero-order valence-corrected chi connectivity index (χ0v) is 17.1. The van der Waals surface area contributed by atoms with Gasteiger partial charge in [0, 0.05) is 0 Å². The second-order valence-corrected chi connectivity index (χ2v) is 6.71. The summed E-state index contributed by atoms with van der Waals surface area (Å²) in [6, 6.07) is 17.9. The molecule has 32 heavy (non-hydrogen) atoms. The van der Waals surface area contributed by atoms with Crippen molar-refractivity contribution in [2.24, 2.45) is 0 Å². The Balaban J connectivity index is 1.94. The lowest BCUT2D eigenvalue weighted by atomic mass is 10.0. The third-order valence-electron chi connectivity index (χ3n) is 4.63. The van der Waals surface area contributed by atoms with Gasteiger partial charge in [-0.25, -0.2) is 22.8 Å². The van der Waals surface area contributed by atoms with Crippen LogP contribution in [0.25, 0.3) is 5.57 Å². The van der Waals surface area contributed by atoms with Crippen LogP contribution in [-0.2, 0) is 14.3 Å². The van der Waals surface area contributed by atoms with Crippen molar-refractivity contribution < 1.29 is 32.2 Å². The van der Waals surface area contributed by atoms with Crippen LogP contribution in [0, 0.1) is 17.5 Å². The first kappa shape index (κ1) is 22.8. The number of esters is 2. The number of carbonyl (C=O) groups is 2. The van der Waals surface area contributed by atoms with Crippen LogP contribution < -0.4 is 0 Å². The number of benzene rings is 3. The van der Waals surface area contributed by atoms with Crippen molar-refractivity contribution in [3.8, 4) is 0 Å². The zero-order chi connectivity index (χ0) is 23.3. The lowest BCUT2D eigenvalue weighted by Gasteiger charge is -2.20. The predicted octanol–water partition coefficient (Wildman–Crippen LogP) is 5.63. The first-order valence-corrected chi connectivity index (χ1v) is 9.69. The van der Waals surface area contributed by atoms with Crippen LogP contribution >= 0.6 is 0 Å². The summed E-state index contributed by atoms with van der Waals surface area (Å²) in [6.45, 7) is 4.76. The number of carbonyl (C=O) groups excluding carboxylic acids is 2. The van der Waals surface area contributed by atoms with Gasteiger partial charge in [0.15, 0.2) is 17.7 Å². The number of hydrogen-bond donors (Lipinski definition) is 0. The Labute approximate surface area is 182 Å². The van der Waals surface area contributed by atoms with E-state index in [1.54, 1.807) is 60.7 Å². The highest BCUT2D eigenvalue weighted by atomic mass is 19.2. The quantitative estimate of drug-likeness (QED) is 0.272. The van der Waals surface area contributed by atoms with E-state index >= 15 is 0 Å². The lowest BCUT2D eigenvalue weighted by Crippen LogP contribution is -2.17. The Morgan fingerprint density at radius 1 is 0.906 bits per heavy atom. The molecule has 0 bridgehead atoms. The normalized spacial score (nSPS) is 10.7. The van der Waals surface area contributed by atoms with Crippen LogP contribution in [0.1, 0.15) is 40.1 Å². The minimum atomic E-state index is -1.73. The fourth-order valence-electron chi connectivity index (χ4n) is 3.09. The highest BCUT2D eigenvalue weighted by molar-refractivity contribution is 6.16. The van der Waals surface area contributed by atoms with E-state index in [9.17, 15) is 22.8 Å². The maximum absolute atomic E-state index is 14.6. The molecule has 0 N–H and O–H groups in total. The summed E-state index contributed by atoms with van der Waals surface area (Å²) in [4.78, 5) is 24.5. The Hall–Kier alpha value is -3.87. The van der Waals surface area contributed by atoms with Crippen molar-refractivity contribution in [3.63, 3.8) is 0 Å².